The number of hydrogen-bond acceptors (Lipinski definition) is 7. The summed E-state index contributed by atoms with van der Waals surface area (Å²) in [5.74, 6) is -0.845. The van der Waals surface area contributed by atoms with Crippen molar-refractivity contribution >= 4 is 27.8 Å². The highest BCUT2D eigenvalue weighted by atomic mass is 32.2. The van der Waals surface area contributed by atoms with Gasteiger partial charge in [0, 0.05) is 18.2 Å². The second-order valence-corrected chi connectivity index (χ2v) is 9.22. The number of amides is 1. The molecule has 160 valence electrons. The van der Waals surface area contributed by atoms with Crippen LogP contribution in [0.2, 0.25) is 0 Å². The van der Waals surface area contributed by atoms with Crippen molar-refractivity contribution < 1.29 is 32.6 Å². The molecule has 1 heterocycles. The highest BCUT2D eigenvalue weighted by molar-refractivity contribution is 7.91. The van der Waals surface area contributed by atoms with Gasteiger partial charge in [0.15, 0.2) is 27.9 Å². The summed E-state index contributed by atoms with van der Waals surface area (Å²) in [7, 11) is -1.72. The van der Waals surface area contributed by atoms with E-state index in [0.29, 0.717) is 18.4 Å². The Kier molecular flexibility index (Phi) is 7.66. The number of phenols is 1. The summed E-state index contributed by atoms with van der Waals surface area (Å²) in [6.07, 6.45) is 3.71. The van der Waals surface area contributed by atoms with Gasteiger partial charge in [0.2, 0.25) is 0 Å². The molecule has 0 spiro atoms. The number of methoxy groups -OCH3 is 1. The molecule has 1 N–H and O–H groups in total. The number of phenolic OH excluding ortho intramolecular Hbond substituents is 1. The Morgan fingerprint density at radius 2 is 2.10 bits per heavy atom. The summed E-state index contributed by atoms with van der Waals surface area (Å²) in [4.78, 5) is 26.1. The zero-order valence-corrected chi connectivity index (χ0v) is 17.6. The number of esters is 1. The number of hydrogen-bond donors (Lipinski definition) is 1. The molecule has 1 aromatic carbocycles. The van der Waals surface area contributed by atoms with E-state index in [1.54, 1.807) is 12.1 Å². The van der Waals surface area contributed by atoms with Gasteiger partial charge in [-0.25, -0.2) is 13.2 Å². The Labute approximate surface area is 171 Å². The van der Waals surface area contributed by atoms with Gasteiger partial charge in [0.25, 0.3) is 5.91 Å². The number of aromatic hydroxyl groups is 1. The summed E-state index contributed by atoms with van der Waals surface area (Å²) in [5.41, 5.74) is 0.611. The molecule has 1 aromatic rings. The SMILES string of the molecule is CC[C@H](C)N(C(=O)COC(=O)/C=C/c1ccc(O)c(OC)c1)[C@@H]1CCS(=O)(=O)C1. The largest absolute Gasteiger partial charge is 0.504 e. The van der Waals surface area contributed by atoms with E-state index in [2.05, 4.69) is 0 Å². The van der Waals surface area contributed by atoms with Gasteiger partial charge in [-0.05, 0) is 43.5 Å². The summed E-state index contributed by atoms with van der Waals surface area (Å²) in [6, 6.07) is 4.04. The maximum absolute atomic E-state index is 12.6. The smallest absolute Gasteiger partial charge is 0.331 e. The molecule has 0 radical (unpaired) electrons. The van der Waals surface area contributed by atoms with Gasteiger partial charge in [-0.15, -0.1) is 0 Å². The van der Waals surface area contributed by atoms with Crippen molar-refractivity contribution in [1.82, 2.24) is 4.90 Å². The minimum Gasteiger partial charge on any atom is -0.504 e. The molecular weight excluding hydrogens is 398 g/mol. The van der Waals surface area contributed by atoms with Crippen LogP contribution >= 0.6 is 0 Å². The van der Waals surface area contributed by atoms with Crippen LogP contribution in [-0.4, -0.2) is 67.6 Å². The van der Waals surface area contributed by atoms with Gasteiger partial charge in [0.1, 0.15) is 0 Å². The molecule has 8 nitrogen and oxygen atoms in total. The molecule has 9 heteroatoms. The normalized spacial score (nSPS) is 19.1. The zero-order valence-electron chi connectivity index (χ0n) is 16.8. The highest BCUT2D eigenvalue weighted by Crippen LogP contribution is 2.26. The van der Waals surface area contributed by atoms with Crippen molar-refractivity contribution in [3.05, 3.63) is 29.8 Å². The quantitative estimate of drug-likeness (QED) is 0.499. The van der Waals surface area contributed by atoms with Gasteiger partial charge < -0.3 is 19.5 Å². The molecule has 2 rings (SSSR count). The van der Waals surface area contributed by atoms with Gasteiger partial charge in [-0.2, -0.15) is 0 Å². The Balaban J connectivity index is 1.97. The fraction of sp³-hybridized carbons (Fsp3) is 0.500. The third-order valence-electron chi connectivity index (χ3n) is 4.91. The molecule has 0 aliphatic carbocycles. The lowest BCUT2D eigenvalue weighted by atomic mass is 10.1. The van der Waals surface area contributed by atoms with Crippen LogP contribution in [0.3, 0.4) is 0 Å². The molecule has 0 bridgehead atoms. The first-order valence-electron chi connectivity index (χ1n) is 9.40. The average molecular weight is 426 g/mol. The predicted octanol–water partition coefficient (Wildman–Crippen LogP) is 1.77. The van der Waals surface area contributed by atoms with Crippen LogP contribution in [0.25, 0.3) is 6.08 Å². The monoisotopic (exact) mass is 425 g/mol. The van der Waals surface area contributed by atoms with E-state index >= 15 is 0 Å². The predicted molar refractivity (Wildman–Crippen MR) is 108 cm³/mol. The van der Waals surface area contributed by atoms with Crippen LogP contribution in [0.4, 0.5) is 0 Å². The molecule has 1 amide bonds. The van der Waals surface area contributed by atoms with Crippen LogP contribution in [0.15, 0.2) is 24.3 Å². The van der Waals surface area contributed by atoms with Crippen molar-refractivity contribution in [2.45, 2.75) is 38.8 Å². The lowest BCUT2D eigenvalue weighted by molar-refractivity contribution is -0.150. The second-order valence-electron chi connectivity index (χ2n) is 6.99. The third-order valence-corrected chi connectivity index (χ3v) is 6.66. The number of rotatable bonds is 8. The van der Waals surface area contributed by atoms with E-state index in [1.165, 1.54) is 30.2 Å². The van der Waals surface area contributed by atoms with E-state index in [9.17, 15) is 23.1 Å². The van der Waals surface area contributed by atoms with E-state index in [0.717, 1.165) is 0 Å². The molecule has 1 fully saturated rings. The van der Waals surface area contributed by atoms with Gasteiger partial charge >= 0.3 is 5.97 Å². The van der Waals surface area contributed by atoms with Gasteiger partial charge in [-0.3, -0.25) is 4.79 Å². The fourth-order valence-electron chi connectivity index (χ4n) is 3.22. The molecular formula is C20H27NO7S. The summed E-state index contributed by atoms with van der Waals surface area (Å²) < 4.78 is 33.6. The Hall–Kier alpha value is -2.55. The lowest BCUT2D eigenvalue weighted by Crippen LogP contribution is -2.48. The van der Waals surface area contributed by atoms with E-state index < -0.39 is 28.3 Å². The van der Waals surface area contributed by atoms with Crippen molar-refractivity contribution in [3.63, 3.8) is 0 Å². The van der Waals surface area contributed by atoms with Crippen molar-refractivity contribution in [1.29, 1.82) is 0 Å². The summed E-state index contributed by atoms with van der Waals surface area (Å²) in [5, 5.41) is 9.58. The molecule has 0 unspecified atom stereocenters. The zero-order chi connectivity index (χ0) is 21.6. The fourth-order valence-corrected chi connectivity index (χ4v) is 4.93. The molecule has 0 aromatic heterocycles. The van der Waals surface area contributed by atoms with Crippen LogP contribution in [0.5, 0.6) is 11.5 Å². The summed E-state index contributed by atoms with van der Waals surface area (Å²) >= 11 is 0. The van der Waals surface area contributed by atoms with E-state index in [-0.39, 0.29) is 35.1 Å². The number of ether oxygens (including phenoxy) is 2. The second kappa shape index (κ2) is 9.78. The van der Waals surface area contributed by atoms with Crippen LogP contribution in [0, 0.1) is 0 Å². The molecule has 2 atom stereocenters. The van der Waals surface area contributed by atoms with Crippen molar-refractivity contribution in [2.24, 2.45) is 0 Å². The van der Waals surface area contributed by atoms with E-state index in [4.69, 9.17) is 9.47 Å². The molecule has 29 heavy (non-hydrogen) atoms. The first-order valence-corrected chi connectivity index (χ1v) is 11.2. The number of nitrogens with zero attached hydrogens (tertiary/aromatic N) is 1. The van der Waals surface area contributed by atoms with Crippen LogP contribution in [-0.2, 0) is 24.2 Å². The highest BCUT2D eigenvalue weighted by Gasteiger charge is 2.36. The number of benzene rings is 1. The average Bonchev–Trinajstić information content (AvgIpc) is 3.04. The maximum atomic E-state index is 12.6. The first kappa shape index (κ1) is 22.7. The lowest BCUT2D eigenvalue weighted by Gasteiger charge is -2.33. The molecule has 1 saturated heterocycles. The summed E-state index contributed by atoms with van der Waals surface area (Å²) in [6.45, 7) is 3.31. The minimum absolute atomic E-state index is 0.0168. The van der Waals surface area contributed by atoms with Crippen LogP contribution in [0.1, 0.15) is 32.3 Å². The van der Waals surface area contributed by atoms with Crippen molar-refractivity contribution in [2.75, 3.05) is 25.2 Å². The van der Waals surface area contributed by atoms with Gasteiger partial charge in [-0.1, -0.05) is 13.0 Å². The Morgan fingerprint density at radius 1 is 1.38 bits per heavy atom. The first-order chi connectivity index (χ1) is 13.7. The van der Waals surface area contributed by atoms with Crippen LogP contribution < -0.4 is 4.74 Å². The minimum atomic E-state index is -3.14. The van der Waals surface area contributed by atoms with Gasteiger partial charge in [0.05, 0.1) is 18.6 Å². The van der Waals surface area contributed by atoms with E-state index in [1.807, 2.05) is 13.8 Å². The number of sulfone groups is 1. The molecule has 1 aliphatic heterocycles. The Bertz CT molecular complexity index is 879. The molecule has 0 saturated carbocycles. The van der Waals surface area contributed by atoms with Crippen molar-refractivity contribution in [3.8, 4) is 11.5 Å². The molecule has 1 aliphatic rings. The third kappa shape index (κ3) is 6.22. The number of carbonyl (C=O) groups excluding carboxylic acids is 2. The Morgan fingerprint density at radius 3 is 2.69 bits per heavy atom. The standard InChI is InChI=1S/C20H27NO7S/c1-4-14(2)21(16-9-10-29(25,26)13-16)19(23)12-28-20(24)8-6-15-5-7-17(22)18(11-15)27-3/h5-8,11,14,16,22H,4,9-10,12-13H2,1-3H3/b8-6+/t14-,16+/m0/s1. The topological polar surface area (TPSA) is 110 Å². The number of carbonyl (C=O) groups is 2. The maximum Gasteiger partial charge on any atom is 0.331 e.